The summed E-state index contributed by atoms with van der Waals surface area (Å²) >= 11 is 0. The lowest BCUT2D eigenvalue weighted by molar-refractivity contribution is -0.139. The molecule has 0 bridgehead atoms. The van der Waals surface area contributed by atoms with E-state index in [0.29, 0.717) is 50.1 Å². The SMILES string of the molecule is CC1CCC(C(=O)N(c2cc(F)c(Oc3ncc(Cn4ccc5cccnc54)cc3C(F)(F)F)cc2C(=O)O)C2CCC(O)CC2)CC1. The number of carbonyl (C=O) groups excluding carboxylic acids is 1. The number of carboxylic acid groups (broad SMARTS) is 1. The largest absolute Gasteiger partial charge is 0.478 e. The van der Waals surface area contributed by atoms with Gasteiger partial charge in [-0.05, 0) is 87.1 Å². The molecule has 2 aliphatic rings. The van der Waals surface area contributed by atoms with Crippen LogP contribution in [0.4, 0.5) is 23.2 Å². The molecule has 254 valence electrons. The van der Waals surface area contributed by atoms with Crippen LogP contribution in [0.1, 0.15) is 79.8 Å². The zero-order valence-corrected chi connectivity index (χ0v) is 26.3. The molecule has 1 amide bonds. The highest BCUT2D eigenvalue weighted by Gasteiger charge is 2.39. The number of hydrogen-bond acceptors (Lipinski definition) is 6. The lowest BCUT2D eigenvalue weighted by Gasteiger charge is -2.39. The molecular formula is C35H36F4N4O5. The highest BCUT2D eigenvalue weighted by molar-refractivity contribution is 6.03. The number of rotatable bonds is 8. The lowest BCUT2D eigenvalue weighted by atomic mass is 9.81. The molecule has 1 aromatic carbocycles. The first kappa shape index (κ1) is 33.4. The first-order valence-corrected chi connectivity index (χ1v) is 16.1. The van der Waals surface area contributed by atoms with Gasteiger partial charge >= 0.3 is 12.1 Å². The number of benzene rings is 1. The molecule has 6 rings (SSSR count). The summed E-state index contributed by atoms with van der Waals surface area (Å²) in [7, 11) is 0. The number of nitrogens with zero attached hydrogens (tertiary/aromatic N) is 4. The van der Waals surface area contributed by atoms with E-state index in [9.17, 15) is 33.0 Å². The minimum atomic E-state index is -4.94. The van der Waals surface area contributed by atoms with Gasteiger partial charge in [0.25, 0.3) is 0 Å². The zero-order valence-electron chi connectivity index (χ0n) is 26.3. The van der Waals surface area contributed by atoms with Crippen molar-refractivity contribution in [2.24, 2.45) is 11.8 Å². The summed E-state index contributed by atoms with van der Waals surface area (Å²) in [6.07, 6.45) is 3.37. The van der Waals surface area contributed by atoms with E-state index in [4.69, 9.17) is 4.74 Å². The van der Waals surface area contributed by atoms with Gasteiger partial charge in [0.1, 0.15) is 11.2 Å². The molecule has 4 aromatic rings. The van der Waals surface area contributed by atoms with Gasteiger partial charge in [0.05, 0.1) is 23.9 Å². The first-order chi connectivity index (χ1) is 22.9. The van der Waals surface area contributed by atoms with Crippen molar-refractivity contribution < 1.29 is 42.1 Å². The van der Waals surface area contributed by atoms with E-state index in [0.717, 1.165) is 36.4 Å². The van der Waals surface area contributed by atoms with Crippen molar-refractivity contribution in [3.05, 3.63) is 77.5 Å². The van der Waals surface area contributed by atoms with Gasteiger partial charge in [0, 0.05) is 48.1 Å². The minimum absolute atomic E-state index is 0.0189. The molecular weight excluding hydrogens is 632 g/mol. The fourth-order valence-corrected chi connectivity index (χ4v) is 6.82. The van der Waals surface area contributed by atoms with Gasteiger partial charge in [-0.2, -0.15) is 13.2 Å². The summed E-state index contributed by atoms with van der Waals surface area (Å²) in [6, 6.07) is 7.38. The highest BCUT2D eigenvalue weighted by atomic mass is 19.4. The zero-order chi connectivity index (χ0) is 34.2. The smallest absolute Gasteiger partial charge is 0.421 e. The van der Waals surface area contributed by atoms with E-state index in [2.05, 4.69) is 16.9 Å². The molecule has 9 nitrogen and oxygen atoms in total. The van der Waals surface area contributed by atoms with Crippen LogP contribution in [0.2, 0.25) is 0 Å². The average Bonchev–Trinajstić information content (AvgIpc) is 3.46. The number of hydrogen-bond donors (Lipinski definition) is 2. The number of aromatic nitrogens is 3. The van der Waals surface area contributed by atoms with Crippen molar-refractivity contribution in [2.75, 3.05) is 4.90 Å². The maximum atomic E-state index is 15.8. The number of carboxylic acids is 1. The van der Waals surface area contributed by atoms with E-state index < -0.39 is 52.9 Å². The van der Waals surface area contributed by atoms with Gasteiger partial charge in [0.2, 0.25) is 11.8 Å². The Morgan fingerprint density at radius 1 is 1.02 bits per heavy atom. The number of fused-ring (bicyclic) bond motifs is 1. The van der Waals surface area contributed by atoms with E-state index in [-0.39, 0.29) is 29.6 Å². The van der Waals surface area contributed by atoms with Crippen LogP contribution in [0.5, 0.6) is 11.6 Å². The number of aromatic carboxylic acids is 1. The van der Waals surface area contributed by atoms with Crippen LogP contribution in [0.25, 0.3) is 11.0 Å². The Kier molecular flexibility index (Phi) is 9.41. The van der Waals surface area contributed by atoms with Crippen LogP contribution < -0.4 is 9.64 Å². The second-order valence-corrected chi connectivity index (χ2v) is 12.9. The molecule has 0 spiro atoms. The van der Waals surface area contributed by atoms with Crippen LogP contribution in [-0.4, -0.2) is 48.8 Å². The first-order valence-electron chi connectivity index (χ1n) is 16.1. The van der Waals surface area contributed by atoms with Gasteiger partial charge in [-0.3, -0.25) is 4.79 Å². The van der Waals surface area contributed by atoms with Crippen molar-refractivity contribution in [2.45, 2.75) is 83.2 Å². The summed E-state index contributed by atoms with van der Waals surface area (Å²) in [5.74, 6) is -4.63. The third kappa shape index (κ3) is 7.01. The number of carbonyl (C=O) groups is 2. The topological polar surface area (TPSA) is 118 Å². The number of alkyl halides is 3. The van der Waals surface area contributed by atoms with Crippen LogP contribution in [0, 0.1) is 17.7 Å². The van der Waals surface area contributed by atoms with Crippen molar-refractivity contribution >= 4 is 28.6 Å². The van der Waals surface area contributed by atoms with Gasteiger partial charge in [-0.25, -0.2) is 19.2 Å². The fourth-order valence-electron chi connectivity index (χ4n) is 6.82. The molecule has 0 radical (unpaired) electrons. The Hall–Kier alpha value is -4.52. The van der Waals surface area contributed by atoms with E-state index in [1.807, 2.05) is 6.07 Å². The van der Waals surface area contributed by atoms with Gasteiger partial charge in [-0.1, -0.05) is 6.92 Å². The Morgan fingerprint density at radius 2 is 1.75 bits per heavy atom. The van der Waals surface area contributed by atoms with E-state index >= 15 is 4.39 Å². The number of aliphatic hydroxyl groups excluding tert-OH is 1. The van der Waals surface area contributed by atoms with Gasteiger partial charge < -0.3 is 24.4 Å². The number of halogens is 4. The summed E-state index contributed by atoms with van der Waals surface area (Å²) in [5.41, 5.74) is -1.20. The van der Waals surface area contributed by atoms with Crippen molar-refractivity contribution in [3.8, 4) is 11.6 Å². The molecule has 2 saturated carbocycles. The van der Waals surface area contributed by atoms with Crippen LogP contribution in [-0.2, 0) is 17.5 Å². The monoisotopic (exact) mass is 668 g/mol. The maximum absolute atomic E-state index is 15.8. The predicted molar refractivity (Wildman–Crippen MR) is 168 cm³/mol. The molecule has 0 atom stereocenters. The molecule has 2 fully saturated rings. The summed E-state index contributed by atoms with van der Waals surface area (Å²) in [5, 5.41) is 21.1. The third-order valence-corrected chi connectivity index (χ3v) is 9.47. The number of aliphatic hydroxyl groups is 1. The molecule has 13 heteroatoms. The number of anilines is 1. The van der Waals surface area contributed by atoms with E-state index in [1.54, 1.807) is 29.1 Å². The fraction of sp³-hybridized carbons (Fsp3) is 0.429. The van der Waals surface area contributed by atoms with Crippen molar-refractivity contribution in [1.82, 2.24) is 14.5 Å². The Balaban J connectivity index is 1.34. The molecule has 2 aliphatic carbocycles. The molecule has 0 saturated heterocycles. The molecule has 48 heavy (non-hydrogen) atoms. The van der Waals surface area contributed by atoms with Crippen molar-refractivity contribution in [3.63, 3.8) is 0 Å². The minimum Gasteiger partial charge on any atom is -0.478 e. The molecule has 2 N–H and O–H groups in total. The molecule has 3 aromatic heterocycles. The maximum Gasteiger partial charge on any atom is 0.421 e. The number of pyridine rings is 2. The summed E-state index contributed by atoms with van der Waals surface area (Å²) < 4.78 is 65.7. The van der Waals surface area contributed by atoms with Crippen molar-refractivity contribution in [1.29, 1.82) is 0 Å². The quantitative estimate of drug-likeness (QED) is 0.186. The van der Waals surface area contributed by atoms with Gasteiger partial charge in [-0.15, -0.1) is 0 Å². The molecule has 3 heterocycles. The van der Waals surface area contributed by atoms with Crippen LogP contribution in [0.15, 0.2) is 55.0 Å². The van der Waals surface area contributed by atoms with Crippen LogP contribution >= 0.6 is 0 Å². The second kappa shape index (κ2) is 13.5. The highest BCUT2D eigenvalue weighted by Crippen LogP contribution is 2.41. The number of ether oxygens (including phenoxy) is 1. The Bertz CT molecular complexity index is 1810. The summed E-state index contributed by atoms with van der Waals surface area (Å²) in [4.78, 5) is 36.1. The lowest BCUT2D eigenvalue weighted by Crippen LogP contribution is -2.47. The average molecular weight is 669 g/mol. The van der Waals surface area contributed by atoms with Gasteiger partial charge in [0.15, 0.2) is 11.6 Å². The second-order valence-electron chi connectivity index (χ2n) is 12.9. The van der Waals surface area contributed by atoms with E-state index in [1.165, 1.54) is 11.1 Å². The normalized spacial score (nSPS) is 21.6. The molecule has 0 aliphatic heterocycles. The van der Waals surface area contributed by atoms with Crippen LogP contribution in [0.3, 0.4) is 0 Å². The Labute approximate surface area is 274 Å². The predicted octanol–water partition coefficient (Wildman–Crippen LogP) is 7.59. The third-order valence-electron chi connectivity index (χ3n) is 9.47. The standard InChI is InChI=1S/C35H36F4N4O5/c1-20-4-6-23(7-5-20)33(45)43(24-8-10-25(44)11-9-24)29-17-28(36)30(16-26(29)34(46)47)48-32-27(35(37,38)39)15-21(18-41-32)19-42-14-12-22-3-2-13-40-31(22)42/h2-3,12-18,20,23-25,44H,4-11,19H2,1H3,(H,46,47). The Morgan fingerprint density at radius 3 is 2.44 bits per heavy atom. The number of amides is 1. The molecule has 0 unspecified atom stereocenters. The summed E-state index contributed by atoms with van der Waals surface area (Å²) in [6.45, 7) is 2.12.